The molecule has 182 valence electrons. The van der Waals surface area contributed by atoms with Gasteiger partial charge < -0.3 is 15.2 Å². The smallest absolute Gasteiger partial charge is 0.232 e. The normalized spacial score (nSPS) is 11.4. The lowest BCUT2D eigenvalue weighted by atomic mass is 10.2. The standard InChI is InChI=1S/C22H26N10O2S/c1-13-7-21(28-14(2)27-13)29-19-9-20(26-12-25-19)30-22-17(32(5)35(6,33)34)8-16(10-24-22)18-11-23-15(3)31(18)4/h7-12H,1-6H3,(H2,24,25,26,27,28,29,30). The summed E-state index contributed by atoms with van der Waals surface area (Å²) >= 11 is 0. The van der Waals surface area contributed by atoms with Crippen LogP contribution < -0.4 is 14.9 Å². The van der Waals surface area contributed by atoms with Crippen LogP contribution in [0.4, 0.5) is 29.0 Å². The van der Waals surface area contributed by atoms with E-state index in [1.807, 2.05) is 38.5 Å². The number of nitrogens with one attached hydrogen (secondary N) is 2. The number of pyridine rings is 1. The van der Waals surface area contributed by atoms with Gasteiger partial charge in [0, 0.05) is 43.7 Å². The van der Waals surface area contributed by atoms with Crippen LogP contribution in [0.25, 0.3) is 11.3 Å². The summed E-state index contributed by atoms with van der Waals surface area (Å²) in [5, 5.41) is 6.24. The first-order valence-corrected chi connectivity index (χ1v) is 12.5. The second kappa shape index (κ2) is 9.25. The van der Waals surface area contributed by atoms with E-state index in [1.165, 1.54) is 17.7 Å². The number of sulfonamides is 1. The minimum Gasteiger partial charge on any atom is -0.331 e. The summed E-state index contributed by atoms with van der Waals surface area (Å²) in [6.07, 6.45) is 5.90. The van der Waals surface area contributed by atoms with Crippen molar-refractivity contribution in [2.45, 2.75) is 20.8 Å². The molecule has 4 rings (SSSR count). The molecule has 0 aliphatic carbocycles. The average Bonchev–Trinajstić information content (AvgIpc) is 3.11. The van der Waals surface area contributed by atoms with E-state index in [0.717, 1.165) is 29.0 Å². The molecule has 0 aliphatic rings. The Morgan fingerprint density at radius 1 is 0.886 bits per heavy atom. The molecule has 0 aliphatic heterocycles. The minimum absolute atomic E-state index is 0.318. The van der Waals surface area contributed by atoms with Crippen LogP contribution in [-0.4, -0.2) is 56.2 Å². The lowest BCUT2D eigenvalue weighted by Crippen LogP contribution is -2.26. The summed E-state index contributed by atoms with van der Waals surface area (Å²) in [7, 11) is -0.196. The second-order valence-corrected chi connectivity index (χ2v) is 10.1. The first kappa shape index (κ1) is 24.0. The summed E-state index contributed by atoms with van der Waals surface area (Å²) in [4.78, 5) is 25.9. The van der Waals surface area contributed by atoms with Crippen molar-refractivity contribution >= 4 is 39.0 Å². The fraction of sp³-hybridized carbons (Fsp3) is 0.273. The van der Waals surface area contributed by atoms with Crippen LogP contribution >= 0.6 is 0 Å². The van der Waals surface area contributed by atoms with Gasteiger partial charge in [0.15, 0.2) is 5.82 Å². The Morgan fingerprint density at radius 3 is 2.23 bits per heavy atom. The fourth-order valence-electron chi connectivity index (χ4n) is 3.41. The van der Waals surface area contributed by atoms with Crippen molar-refractivity contribution in [1.29, 1.82) is 0 Å². The molecule has 13 heteroatoms. The van der Waals surface area contributed by atoms with Crippen LogP contribution in [0.2, 0.25) is 0 Å². The highest BCUT2D eigenvalue weighted by Gasteiger charge is 2.20. The number of hydrogen-bond donors (Lipinski definition) is 2. The highest BCUT2D eigenvalue weighted by molar-refractivity contribution is 7.92. The zero-order valence-corrected chi connectivity index (χ0v) is 21.1. The molecule has 4 heterocycles. The van der Waals surface area contributed by atoms with Crippen molar-refractivity contribution in [1.82, 2.24) is 34.5 Å². The number of rotatable bonds is 7. The molecule has 2 N–H and O–H groups in total. The van der Waals surface area contributed by atoms with E-state index in [1.54, 1.807) is 24.5 Å². The molecule has 0 unspecified atom stereocenters. The summed E-state index contributed by atoms with van der Waals surface area (Å²) in [6.45, 7) is 5.59. The lowest BCUT2D eigenvalue weighted by molar-refractivity contribution is 0.600. The van der Waals surface area contributed by atoms with Crippen molar-refractivity contribution < 1.29 is 8.42 Å². The van der Waals surface area contributed by atoms with Gasteiger partial charge in [0.25, 0.3) is 0 Å². The zero-order valence-electron chi connectivity index (χ0n) is 20.3. The van der Waals surface area contributed by atoms with Crippen LogP contribution in [0.3, 0.4) is 0 Å². The predicted octanol–water partition coefficient (Wildman–Crippen LogP) is 2.87. The number of aromatic nitrogens is 7. The Labute approximate surface area is 203 Å². The molecule has 0 saturated heterocycles. The molecule has 0 saturated carbocycles. The van der Waals surface area contributed by atoms with E-state index in [4.69, 9.17) is 0 Å². The van der Waals surface area contributed by atoms with E-state index < -0.39 is 10.0 Å². The number of nitrogens with zero attached hydrogens (tertiary/aromatic N) is 8. The number of imidazole rings is 1. The van der Waals surface area contributed by atoms with Crippen molar-refractivity contribution in [2.75, 3.05) is 28.2 Å². The first-order valence-electron chi connectivity index (χ1n) is 10.6. The Balaban J connectivity index is 1.69. The first-order chi connectivity index (χ1) is 16.5. The molecule has 0 atom stereocenters. The summed E-state index contributed by atoms with van der Waals surface area (Å²) < 4.78 is 27.8. The third-order valence-corrected chi connectivity index (χ3v) is 6.55. The zero-order chi connectivity index (χ0) is 25.3. The Morgan fingerprint density at radius 2 is 1.60 bits per heavy atom. The number of anilines is 5. The number of hydrogen-bond acceptors (Lipinski definition) is 10. The minimum atomic E-state index is -3.56. The van der Waals surface area contributed by atoms with Crippen LogP contribution in [0.1, 0.15) is 17.3 Å². The molecule has 0 spiro atoms. The monoisotopic (exact) mass is 494 g/mol. The summed E-state index contributed by atoms with van der Waals surface area (Å²) in [5.74, 6) is 3.31. The van der Waals surface area contributed by atoms with E-state index >= 15 is 0 Å². The third kappa shape index (κ3) is 5.35. The van der Waals surface area contributed by atoms with E-state index in [0.29, 0.717) is 34.8 Å². The van der Waals surface area contributed by atoms with Crippen molar-refractivity contribution in [3.63, 3.8) is 0 Å². The van der Waals surface area contributed by atoms with Gasteiger partial charge in [-0.15, -0.1) is 0 Å². The van der Waals surface area contributed by atoms with Gasteiger partial charge in [-0.25, -0.2) is 38.3 Å². The molecule has 0 fully saturated rings. The van der Waals surface area contributed by atoms with Crippen LogP contribution in [0.5, 0.6) is 0 Å². The van der Waals surface area contributed by atoms with E-state index in [-0.39, 0.29) is 0 Å². The SMILES string of the molecule is Cc1cc(Nc2cc(Nc3ncc(-c4cnc(C)n4C)cc3N(C)S(C)(=O)=O)ncn2)nc(C)n1. The molecule has 4 aromatic rings. The van der Waals surface area contributed by atoms with Gasteiger partial charge in [-0.3, -0.25) is 4.31 Å². The number of aryl methyl sites for hydroxylation is 3. The fourth-order valence-corrected chi connectivity index (χ4v) is 3.90. The van der Waals surface area contributed by atoms with Gasteiger partial charge in [-0.05, 0) is 26.8 Å². The third-order valence-electron chi connectivity index (χ3n) is 5.36. The van der Waals surface area contributed by atoms with Crippen LogP contribution in [0, 0.1) is 20.8 Å². The second-order valence-electron chi connectivity index (χ2n) is 8.05. The quantitative estimate of drug-likeness (QED) is 0.393. The van der Waals surface area contributed by atoms with Crippen molar-refractivity contribution in [3.05, 3.63) is 54.3 Å². The molecule has 4 aromatic heterocycles. The van der Waals surface area contributed by atoms with Crippen LogP contribution in [-0.2, 0) is 17.1 Å². The maximum Gasteiger partial charge on any atom is 0.232 e. The summed E-state index contributed by atoms with van der Waals surface area (Å²) in [6, 6.07) is 5.23. The highest BCUT2D eigenvalue weighted by atomic mass is 32.2. The Kier molecular flexibility index (Phi) is 6.35. The average molecular weight is 495 g/mol. The molecule has 0 aromatic carbocycles. The van der Waals surface area contributed by atoms with Gasteiger partial charge in [-0.2, -0.15) is 0 Å². The maximum absolute atomic E-state index is 12.4. The lowest BCUT2D eigenvalue weighted by Gasteiger charge is -2.21. The van der Waals surface area contributed by atoms with Gasteiger partial charge in [-0.1, -0.05) is 0 Å². The van der Waals surface area contributed by atoms with Gasteiger partial charge in [0.1, 0.15) is 35.4 Å². The largest absolute Gasteiger partial charge is 0.331 e. The molecule has 0 amide bonds. The molecule has 12 nitrogen and oxygen atoms in total. The van der Waals surface area contributed by atoms with Crippen LogP contribution in [0.15, 0.2) is 36.9 Å². The highest BCUT2D eigenvalue weighted by Crippen LogP contribution is 2.32. The maximum atomic E-state index is 12.4. The molecular weight excluding hydrogens is 468 g/mol. The van der Waals surface area contributed by atoms with Crippen molar-refractivity contribution in [3.8, 4) is 11.3 Å². The molecular formula is C22H26N10O2S. The Hall–Kier alpha value is -4.13. The molecule has 0 bridgehead atoms. The Bertz CT molecular complexity index is 1480. The van der Waals surface area contributed by atoms with Gasteiger partial charge in [0.05, 0.1) is 23.8 Å². The summed E-state index contributed by atoms with van der Waals surface area (Å²) in [5.41, 5.74) is 2.73. The predicted molar refractivity (Wildman–Crippen MR) is 135 cm³/mol. The topological polar surface area (TPSA) is 144 Å². The van der Waals surface area contributed by atoms with Gasteiger partial charge in [0.2, 0.25) is 10.0 Å². The molecule has 0 radical (unpaired) electrons. The van der Waals surface area contributed by atoms with E-state index in [2.05, 4.69) is 40.5 Å². The molecule has 35 heavy (non-hydrogen) atoms. The van der Waals surface area contributed by atoms with Crippen molar-refractivity contribution in [2.24, 2.45) is 7.05 Å². The van der Waals surface area contributed by atoms with Gasteiger partial charge >= 0.3 is 0 Å². The van der Waals surface area contributed by atoms with E-state index in [9.17, 15) is 8.42 Å².